The van der Waals surface area contributed by atoms with Gasteiger partial charge in [-0.1, -0.05) is 0 Å². The minimum atomic E-state index is 0.376. The summed E-state index contributed by atoms with van der Waals surface area (Å²) < 4.78 is 0. The van der Waals surface area contributed by atoms with Gasteiger partial charge in [-0.15, -0.1) is 0 Å². The zero-order valence-electron chi connectivity index (χ0n) is 8.85. The molecule has 0 bridgehead atoms. The van der Waals surface area contributed by atoms with Crippen molar-refractivity contribution in [1.82, 2.24) is 9.97 Å². The molecule has 2 rings (SSSR count). The van der Waals surface area contributed by atoms with Crippen molar-refractivity contribution in [3.63, 3.8) is 0 Å². The molecule has 1 aliphatic carbocycles. The number of rotatable bonds is 4. The highest BCUT2D eigenvalue weighted by atomic mass is 15.2. The number of nitriles is 1. The summed E-state index contributed by atoms with van der Waals surface area (Å²) in [4.78, 5) is 10.5. The lowest BCUT2D eigenvalue weighted by atomic mass is 10.3. The third-order valence-electron chi connectivity index (χ3n) is 2.63. The van der Waals surface area contributed by atoms with Crippen LogP contribution in [0.1, 0.15) is 25.5 Å². The Kier molecular flexibility index (Phi) is 2.82. The molecule has 1 aromatic rings. The summed E-state index contributed by atoms with van der Waals surface area (Å²) in [6, 6.07) is 1.97. The predicted molar refractivity (Wildman–Crippen MR) is 57.4 cm³/mol. The third-order valence-corrected chi connectivity index (χ3v) is 2.63. The summed E-state index contributed by atoms with van der Waals surface area (Å²) in [6.45, 7) is 4.12. The lowest BCUT2D eigenvalue weighted by Crippen LogP contribution is -2.26. The van der Waals surface area contributed by atoms with Crippen molar-refractivity contribution in [3.05, 3.63) is 18.1 Å². The lowest BCUT2D eigenvalue weighted by Gasteiger charge is -2.20. The van der Waals surface area contributed by atoms with E-state index in [9.17, 15) is 0 Å². The van der Waals surface area contributed by atoms with Gasteiger partial charge in [-0.2, -0.15) is 5.26 Å². The van der Waals surface area contributed by atoms with Crippen molar-refractivity contribution in [2.75, 3.05) is 18.0 Å². The molecule has 0 N–H and O–H groups in total. The van der Waals surface area contributed by atoms with E-state index in [1.807, 2.05) is 6.07 Å². The standard InChI is InChI=1S/C11H14N4/c1-2-15(8-9-3-4-9)11-7-13-10(5-12)6-14-11/h6-7,9H,2-4,8H2,1H3. The van der Waals surface area contributed by atoms with E-state index < -0.39 is 0 Å². The molecule has 0 spiro atoms. The maximum Gasteiger partial charge on any atom is 0.158 e. The van der Waals surface area contributed by atoms with Crippen LogP contribution in [-0.4, -0.2) is 23.1 Å². The topological polar surface area (TPSA) is 52.8 Å². The smallest absolute Gasteiger partial charge is 0.158 e. The summed E-state index contributed by atoms with van der Waals surface area (Å²) in [5.74, 6) is 1.71. The summed E-state index contributed by atoms with van der Waals surface area (Å²) >= 11 is 0. The summed E-state index contributed by atoms with van der Waals surface area (Å²) in [6.07, 6.45) is 5.88. The Morgan fingerprint density at radius 3 is 2.73 bits per heavy atom. The van der Waals surface area contributed by atoms with Crippen LogP contribution in [0.15, 0.2) is 12.4 Å². The first kappa shape index (κ1) is 9.91. The van der Waals surface area contributed by atoms with Crippen LogP contribution >= 0.6 is 0 Å². The second-order valence-electron chi connectivity index (χ2n) is 3.85. The van der Waals surface area contributed by atoms with Gasteiger partial charge in [-0.25, -0.2) is 9.97 Å². The van der Waals surface area contributed by atoms with Gasteiger partial charge in [-0.3, -0.25) is 0 Å². The molecule has 1 aromatic heterocycles. The molecule has 0 aromatic carbocycles. The quantitative estimate of drug-likeness (QED) is 0.744. The molecule has 0 atom stereocenters. The molecule has 4 nitrogen and oxygen atoms in total. The molecule has 0 aliphatic heterocycles. The average molecular weight is 202 g/mol. The molecule has 0 saturated heterocycles. The van der Waals surface area contributed by atoms with Crippen LogP contribution in [0, 0.1) is 17.2 Å². The minimum absolute atomic E-state index is 0.376. The fourth-order valence-electron chi connectivity index (χ4n) is 1.54. The van der Waals surface area contributed by atoms with Crippen molar-refractivity contribution in [2.45, 2.75) is 19.8 Å². The molecular formula is C11H14N4. The molecule has 78 valence electrons. The van der Waals surface area contributed by atoms with Crippen molar-refractivity contribution in [2.24, 2.45) is 5.92 Å². The fraction of sp³-hybridized carbons (Fsp3) is 0.545. The maximum atomic E-state index is 8.61. The Hall–Kier alpha value is -1.63. The monoisotopic (exact) mass is 202 g/mol. The van der Waals surface area contributed by atoms with Gasteiger partial charge in [0.05, 0.1) is 12.4 Å². The van der Waals surface area contributed by atoms with Crippen LogP contribution in [0.25, 0.3) is 0 Å². The number of nitrogens with zero attached hydrogens (tertiary/aromatic N) is 4. The SMILES string of the molecule is CCN(CC1CC1)c1cnc(C#N)cn1. The highest BCUT2D eigenvalue weighted by molar-refractivity contribution is 5.37. The number of aromatic nitrogens is 2. The second kappa shape index (κ2) is 4.26. The van der Waals surface area contributed by atoms with Crippen LogP contribution in [0.4, 0.5) is 5.82 Å². The third kappa shape index (κ3) is 2.44. The van der Waals surface area contributed by atoms with E-state index in [2.05, 4.69) is 21.8 Å². The van der Waals surface area contributed by atoms with E-state index in [1.54, 1.807) is 6.20 Å². The van der Waals surface area contributed by atoms with Crippen molar-refractivity contribution >= 4 is 5.82 Å². The van der Waals surface area contributed by atoms with E-state index in [1.165, 1.54) is 19.0 Å². The maximum absolute atomic E-state index is 8.61. The average Bonchev–Trinajstić information content (AvgIpc) is 3.10. The van der Waals surface area contributed by atoms with Crippen LogP contribution in [0.2, 0.25) is 0 Å². The van der Waals surface area contributed by atoms with Gasteiger partial charge < -0.3 is 4.90 Å². The molecular weight excluding hydrogens is 188 g/mol. The van der Waals surface area contributed by atoms with E-state index in [0.717, 1.165) is 24.8 Å². The van der Waals surface area contributed by atoms with Crippen molar-refractivity contribution in [1.29, 1.82) is 5.26 Å². The Bertz CT molecular complexity index is 361. The Morgan fingerprint density at radius 1 is 1.47 bits per heavy atom. The largest absolute Gasteiger partial charge is 0.355 e. The van der Waals surface area contributed by atoms with Gasteiger partial charge in [0.25, 0.3) is 0 Å². The van der Waals surface area contributed by atoms with Crippen LogP contribution in [-0.2, 0) is 0 Å². The molecule has 1 fully saturated rings. The molecule has 4 heteroatoms. The molecule has 0 radical (unpaired) electrons. The lowest BCUT2D eigenvalue weighted by molar-refractivity contribution is 0.729. The zero-order valence-corrected chi connectivity index (χ0v) is 8.85. The number of hydrogen-bond donors (Lipinski definition) is 0. The molecule has 1 aliphatic rings. The van der Waals surface area contributed by atoms with E-state index >= 15 is 0 Å². The molecule has 0 unspecified atom stereocenters. The zero-order chi connectivity index (χ0) is 10.7. The van der Waals surface area contributed by atoms with Gasteiger partial charge in [0, 0.05) is 13.1 Å². The summed E-state index contributed by atoms with van der Waals surface area (Å²) in [5, 5.41) is 8.61. The van der Waals surface area contributed by atoms with Crippen molar-refractivity contribution in [3.8, 4) is 6.07 Å². The van der Waals surface area contributed by atoms with Gasteiger partial charge in [0.2, 0.25) is 0 Å². The Labute approximate surface area is 89.6 Å². The number of hydrogen-bond acceptors (Lipinski definition) is 4. The first-order chi connectivity index (χ1) is 7.33. The Morgan fingerprint density at radius 2 is 2.27 bits per heavy atom. The summed E-state index contributed by atoms with van der Waals surface area (Å²) in [7, 11) is 0. The molecule has 1 saturated carbocycles. The van der Waals surface area contributed by atoms with Crippen LogP contribution in [0.5, 0.6) is 0 Å². The summed E-state index contributed by atoms with van der Waals surface area (Å²) in [5.41, 5.74) is 0.376. The normalized spacial score (nSPS) is 14.7. The fourth-order valence-corrected chi connectivity index (χ4v) is 1.54. The van der Waals surface area contributed by atoms with Gasteiger partial charge in [0.1, 0.15) is 11.9 Å². The first-order valence-electron chi connectivity index (χ1n) is 5.30. The first-order valence-corrected chi connectivity index (χ1v) is 5.30. The molecule has 15 heavy (non-hydrogen) atoms. The van der Waals surface area contributed by atoms with Crippen LogP contribution in [0.3, 0.4) is 0 Å². The van der Waals surface area contributed by atoms with Gasteiger partial charge in [0.15, 0.2) is 5.69 Å². The Balaban J connectivity index is 2.08. The van der Waals surface area contributed by atoms with Crippen molar-refractivity contribution < 1.29 is 0 Å². The van der Waals surface area contributed by atoms with Crippen LogP contribution < -0.4 is 4.90 Å². The highest BCUT2D eigenvalue weighted by Gasteiger charge is 2.24. The molecule has 1 heterocycles. The highest BCUT2D eigenvalue weighted by Crippen LogP contribution is 2.30. The minimum Gasteiger partial charge on any atom is -0.355 e. The predicted octanol–water partition coefficient (Wildman–Crippen LogP) is 1.58. The van der Waals surface area contributed by atoms with E-state index in [4.69, 9.17) is 5.26 Å². The second-order valence-corrected chi connectivity index (χ2v) is 3.85. The van der Waals surface area contributed by atoms with Gasteiger partial charge in [-0.05, 0) is 25.7 Å². The van der Waals surface area contributed by atoms with E-state index in [0.29, 0.717) is 5.69 Å². The van der Waals surface area contributed by atoms with E-state index in [-0.39, 0.29) is 0 Å². The van der Waals surface area contributed by atoms with Gasteiger partial charge >= 0.3 is 0 Å². The molecule has 0 amide bonds. The number of anilines is 1.